The largest absolute Gasteiger partial charge is 0.377 e. The number of ether oxygens (including phenoxy) is 1. The highest BCUT2D eigenvalue weighted by molar-refractivity contribution is 5.89. The summed E-state index contributed by atoms with van der Waals surface area (Å²) in [5.41, 5.74) is 6.21. The molecule has 1 aromatic rings. The van der Waals surface area contributed by atoms with E-state index < -0.39 is 5.54 Å². The molecule has 6 heteroatoms. The molecule has 4 N–H and O–H groups in total. The van der Waals surface area contributed by atoms with Gasteiger partial charge in [-0.1, -0.05) is 13.8 Å². The number of aromatic amines is 1. The van der Waals surface area contributed by atoms with Crippen molar-refractivity contribution in [1.82, 2.24) is 15.5 Å². The van der Waals surface area contributed by atoms with E-state index in [4.69, 9.17) is 10.5 Å². The van der Waals surface area contributed by atoms with Crippen molar-refractivity contribution in [1.29, 1.82) is 0 Å². The van der Waals surface area contributed by atoms with Gasteiger partial charge in [0.05, 0.1) is 12.3 Å². The number of nitrogens with zero attached hydrogens (tertiary/aromatic N) is 1. The fourth-order valence-corrected chi connectivity index (χ4v) is 3.55. The number of aromatic nitrogens is 2. The summed E-state index contributed by atoms with van der Waals surface area (Å²) in [5, 5.41) is 9.49. The van der Waals surface area contributed by atoms with E-state index >= 15 is 0 Å². The van der Waals surface area contributed by atoms with E-state index in [9.17, 15) is 4.79 Å². The van der Waals surface area contributed by atoms with E-state index in [0.717, 1.165) is 12.0 Å². The Balaban J connectivity index is 1.72. The lowest BCUT2D eigenvalue weighted by Gasteiger charge is -2.60. The summed E-state index contributed by atoms with van der Waals surface area (Å²) in [7, 11) is 0. The van der Waals surface area contributed by atoms with Crippen molar-refractivity contribution in [3.8, 4) is 0 Å². The third kappa shape index (κ3) is 1.56. The molecule has 2 fully saturated rings. The van der Waals surface area contributed by atoms with Gasteiger partial charge in [-0.25, -0.2) is 0 Å². The highest BCUT2D eigenvalue weighted by atomic mass is 16.5. The van der Waals surface area contributed by atoms with E-state index in [0.29, 0.717) is 13.2 Å². The molecule has 1 saturated carbocycles. The molecule has 0 bridgehead atoms. The summed E-state index contributed by atoms with van der Waals surface area (Å²) < 4.78 is 5.69. The molecule has 0 spiro atoms. The Bertz CT molecular complexity index is 485. The number of nitrogens with two attached hydrogens (primary N) is 1. The highest BCUT2D eigenvalue weighted by Crippen LogP contribution is 2.58. The van der Waals surface area contributed by atoms with E-state index in [2.05, 4.69) is 15.5 Å². The zero-order chi connectivity index (χ0) is 13.7. The van der Waals surface area contributed by atoms with Gasteiger partial charge in [-0.15, -0.1) is 0 Å². The summed E-state index contributed by atoms with van der Waals surface area (Å²) >= 11 is 0. The van der Waals surface area contributed by atoms with Crippen LogP contribution < -0.4 is 11.1 Å². The number of carbonyl (C=O) groups is 1. The number of hydrogen-bond acceptors (Lipinski definition) is 4. The van der Waals surface area contributed by atoms with Crippen molar-refractivity contribution < 1.29 is 9.53 Å². The SMILES string of the molecule is CC1(C)C2OCCC2C1(N)C(=O)NCc1cn[nH]c1. The number of nitrogens with one attached hydrogen (secondary N) is 2. The van der Waals surface area contributed by atoms with Crippen molar-refractivity contribution in [3.63, 3.8) is 0 Å². The average Bonchev–Trinajstić information content (AvgIpc) is 3.04. The lowest BCUT2D eigenvalue weighted by molar-refractivity contribution is -0.175. The minimum atomic E-state index is -0.835. The maximum absolute atomic E-state index is 12.5. The van der Waals surface area contributed by atoms with Crippen molar-refractivity contribution in [2.75, 3.05) is 6.61 Å². The molecule has 3 unspecified atom stereocenters. The highest BCUT2D eigenvalue weighted by Gasteiger charge is 2.71. The van der Waals surface area contributed by atoms with Crippen LogP contribution in [0.1, 0.15) is 25.8 Å². The standard InChI is InChI=1S/C13H20N4O2/c1-12(2)10-9(3-4-19-10)13(12,14)11(18)15-5-8-6-16-17-7-8/h6-7,9-10H,3-5,14H2,1-2H3,(H,15,18)(H,16,17). The van der Waals surface area contributed by atoms with Crippen LogP contribution in [0.25, 0.3) is 0 Å². The smallest absolute Gasteiger partial charge is 0.241 e. The first-order chi connectivity index (χ1) is 8.98. The zero-order valence-corrected chi connectivity index (χ0v) is 11.3. The molecule has 0 aromatic carbocycles. The topological polar surface area (TPSA) is 93.0 Å². The summed E-state index contributed by atoms with van der Waals surface area (Å²) in [6, 6.07) is 0. The predicted molar refractivity (Wildman–Crippen MR) is 69.0 cm³/mol. The van der Waals surface area contributed by atoms with Gasteiger partial charge in [0, 0.05) is 36.2 Å². The van der Waals surface area contributed by atoms with Gasteiger partial charge < -0.3 is 15.8 Å². The summed E-state index contributed by atoms with van der Waals surface area (Å²) in [6.07, 6.45) is 4.43. The van der Waals surface area contributed by atoms with Gasteiger partial charge in [0.15, 0.2) is 0 Å². The molecule has 3 rings (SSSR count). The second kappa shape index (κ2) is 4.05. The molecule has 0 radical (unpaired) electrons. The van der Waals surface area contributed by atoms with Gasteiger partial charge in [0.1, 0.15) is 5.54 Å². The Hall–Kier alpha value is -1.40. The van der Waals surface area contributed by atoms with Crippen molar-refractivity contribution in [2.45, 2.75) is 38.5 Å². The lowest BCUT2D eigenvalue weighted by Crippen LogP contribution is -2.80. The fourth-order valence-electron chi connectivity index (χ4n) is 3.55. The number of H-pyrrole nitrogens is 1. The third-order valence-electron chi connectivity index (χ3n) is 4.84. The van der Waals surface area contributed by atoms with Crippen LogP contribution >= 0.6 is 0 Å². The van der Waals surface area contributed by atoms with E-state index in [1.807, 2.05) is 13.8 Å². The Kier molecular flexibility index (Phi) is 2.69. The van der Waals surface area contributed by atoms with E-state index in [1.165, 1.54) is 0 Å². The predicted octanol–water partition coefficient (Wildman–Crippen LogP) is 0.168. The zero-order valence-electron chi connectivity index (χ0n) is 11.3. The maximum atomic E-state index is 12.5. The van der Waals surface area contributed by atoms with Crippen LogP contribution in [0, 0.1) is 11.3 Å². The molecular formula is C13H20N4O2. The second-order valence-electron chi connectivity index (χ2n) is 6.07. The van der Waals surface area contributed by atoms with Crippen molar-refractivity contribution >= 4 is 5.91 Å². The Morgan fingerprint density at radius 3 is 3.16 bits per heavy atom. The van der Waals surface area contributed by atoms with Gasteiger partial charge >= 0.3 is 0 Å². The van der Waals surface area contributed by atoms with Crippen LogP contribution in [-0.4, -0.2) is 34.4 Å². The quantitative estimate of drug-likeness (QED) is 0.725. The molecule has 1 aliphatic carbocycles. The van der Waals surface area contributed by atoms with E-state index in [-0.39, 0.29) is 23.3 Å². The molecule has 19 heavy (non-hydrogen) atoms. The molecule has 1 aromatic heterocycles. The van der Waals surface area contributed by atoms with Gasteiger partial charge in [-0.05, 0) is 6.42 Å². The average molecular weight is 264 g/mol. The Morgan fingerprint density at radius 2 is 2.47 bits per heavy atom. The maximum Gasteiger partial charge on any atom is 0.241 e. The van der Waals surface area contributed by atoms with Gasteiger partial charge in [-0.2, -0.15) is 5.10 Å². The molecule has 104 valence electrons. The Morgan fingerprint density at radius 1 is 1.68 bits per heavy atom. The van der Waals surface area contributed by atoms with Crippen LogP contribution in [-0.2, 0) is 16.1 Å². The first-order valence-corrected chi connectivity index (χ1v) is 6.64. The number of hydrogen-bond donors (Lipinski definition) is 3. The lowest BCUT2D eigenvalue weighted by atomic mass is 9.48. The fraction of sp³-hybridized carbons (Fsp3) is 0.692. The third-order valence-corrected chi connectivity index (χ3v) is 4.84. The number of fused-ring (bicyclic) bond motifs is 1. The monoisotopic (exact) mass is 264 g/mol. The van der Waals surface area contributed by atoms with Crippen molar-refractivity contribution in [2.24, 2.45) is 17.1 Å². The number of carbonyl (C=O) groups excluding carboxylic acids is 1. The Labute approximate surface area is 112 Å². The van der Waals surface area contributed by atoms with Gasteiger partial charge in [-0.3, -0.25) is 9.89 Å². The molecular weight excluding hydrogens is 244 g/mol. The molecule has 3 atom stereocenters. The second-order valence-corrected chi connectivity index (χ2v) is 6.07. The first-order valence-electron chi connectivity index (χ1n) is 6.64. The van der Waals surface area contributed by atoms with Crippen LogP contribution in [0.5, 0.6) is 0 Å². The minimum Gasteiger partial charge on any atom is -0.377 e. The molecule has 1 aliphatic heterocycles. The van der Waals surface area contributed by atoms with E-state index in [1.54, 1.807) is 12.4 Å². The first kappa shape index (κ1) is 12.6. The van der Waals surface area contributed by atoms with Gasteiger partial charge in [0.25, 0.3) is 0 Å². The number of amides is 1. The van der Waals surface area contributed by atoms with Crippen molar-refractivity contribution in [3.05, 3.63) is 18.0 Å². The molecule has 1 saturated heterocycles. The molecule has 2 aliphatic rings. The summed E-state index contributed by atoms with van der Waals surface area (Å²) in [4.78, 5) is 12.5. The van der Waals surface area contributed by atoms with Crippen LogP contribution in [0.15, 0.2) is 12.4 Å². The summed E-state index contributed by atoms with van der Waals surface area (Å²) in [6.45, 7) is 5.17. The molecule has 6 nitrogen and oxygen atoms in total. The minimum absolute atomic E-state index is 0.0922. The molecule has 2 heterocycles. The van der Waals surface area contributed by atoms with Crippen LogP contribution in [0.4, 0.5) is 0 Å². The van der Waals surface area contributed by atoms with Gasteiger partial charge in [0.2, 0.25) is 5.91 Å². The summed E-state index contributed by atoms with van der Waals surface area (Å²) in [5.74, 6) is 0.0392. The molecule has 1 amide bonds. The number of rotatable bonds is 3. The van der Waals surface area contributed by atoms with Crippen LogP contribution in [0.2, 0.25) is 0 Å². The normalized spacial score (nSPS) is 35.5. The van der Waals surface area contributed by atoms with Crippen LogP contribution in [0.3, 0.4) is 0 Å².